The molecule has 3 atom stereocenters. The maximum Gasteiger partial charge on any atom is 0.0742 e. The van der Waals surface area contributed by atoms with Gasteiger partial charge in [0, 0.05) is 18.5 Å². The molecule has 3 heteroatoms. The number of nitrogens with zero attached hydrogens (tertiary/aromatic N) is 1. The molecule has 0 amide bonds. The van der Waals surface area contributed by atoms with Crippen LogP contribution in [0.1, 0.15) is 40.0 Å². The minimum Gasteiger partial charge on any atom is -0.393 e. The molecule has 3 unspecified atom stereocenters. The van der Waals surface area contributed by atoms with Crippen molar-refractivity contribution < 1.29 is 0 Å². The molecule has 82 valence electrons. The summed E-state index contributed by atoms with van der Waals surface area (Å²) in [5.74, 6) is 0.873. The zero-order valence-electron chi connectivity index (χ0n) is 9.49. The summed E-state index contributed by atoms with van der Waals surface area (Å²) < 4.78 is 0. The largest absolute Gasteiger partial charge is 0.393 e. The average Bonchev–Trinajstić information content (AvgIpc) is 2.01. The van der Waals surface area contributed by atoms with E-state index >= 15 is 0 Å². The Balaban J connectivity index is 2.46. The van der Waals surface area contributed by atoms with E-state index in [4.69, 9.17) is 18.0 Å². The van der Waals surface area contributed by atoms with Crippen molar-refractivity contribution in [3.63, 3.8) is 0 Å². The first-order chi connectivity index (χ1) is 6.50. The van der Waals surface area contributed by atoms with Crippen molar-refractivity contribution in [2.75, 3.05) is 6.54 Å². The molecule has 1 rings (SSSR count). The fourth-order valence-corrected chi connectivity index (χ4v) is 2.73. The molecule has 2 nitrogen and oxygen atoms in total. The molecule has 14 heavy (non-hydrogen) atoms. The van der Waals surface area contributed by atoms with E-state index < -0.39 is 0 Å². The summed E-state index contributed by atoms with van der Waals surface area (Å²) in [6, 6.07) is 1.19. The van der Waals surface area contributed by atoms with Gasteiger partial charge in [-0.15, -0.1) is 0 Å². The first-order valence-electron chi connectivity index (χ1n) is 5.54. The molecule has 0 saturated carbocycles. The summed E-state index contributed by atoms with van der Waals surface area (Å²) >= 11 is 4.95. The Kier molecular flexibility index (Phi) is 4.32. The normalized spacial score (nSPS) is 31.4. The minimum atomic E-state index is 0.509. The molecular formula is C11H22N2S. The van der Waals surface area contributed by atoms with Crippen LogP contribution in [0.5, 0.6) is 0 Å². The Morgan fingerprint density at radius 2 is 2.21 bits per heavy atom. The highest BCUT2D eigenvalue weighted by molar-refractivity contribution is 7.80. The van der Waals surface area contributed by atoms with Gasteiger partial charge in [-0.2, -0.15) is 0 Å². The standard InChI is InChI=1S/C11H22N2S/c1-8-4-5-13(9(2)6-8)10(3)7-11(12)14/h8-10H,4-7H2,1-3H3,(H2,12,14). The van der Waals surface area contributed by atoms with Gasteiger partial charge in [0.25, 0.3) is 0 Å². The van der Waals surface area contributed by atoms with Crippen LogP contribution in [0.4, 0.5) is 0 Å². The van der Waals surface area contributed by atoms with Gasteiger partial charge in [0.05, 0.1) is 4.99 Å². The molecule has 1 fully saturated rings. The molecule has 1 saturated heterocycles. The van der Waals surface area contributed by atoms with Crippen LogP contribution in [0.2, 0.25) is 0 Å². The lowest BCUT2D eigenvalue weighted by Crippen LogP contribution is -2.46. The van der Waals surface area contributed by atoms with Crippen LogP contribution < -0.4 is 5.73 Å². The van der Waals surface area contributed by atoms with Crippen LogP contribution >= 0.6 is 12.2 Å². The Morgan fingerprint density at radius 3 is 2.71 bits per heavy atom. The topological polar surface area (TPSA) is 29.3 Å². The third-order valence-electron chi connectivity index (χ3n) is 3.25. The maximum absolute atomic E-state index is 5.58. The van der Waals surface area contributed by atoms with Gasteiger partial charge in [-0.3, -0.25) is 4.90 Å². The van der Waals surface area contributed by atoms with Crippen LogP contribution in [0, 0.1) is 5.92 Å². The summed E-state index contributed by atoms with van der Waals surface area (Å²) in [5.41, 5.74) is 5.58. The van der Waals surface area contributed by atoms with E-state index in [0.29, 0.717) is 17.1 Å². The SMILES string of the molecule is CC1CCN(C(C)CC(N)=S)C(C)C1. The first kappa shape index (κ1) is 11.9. The summed E-state index contributed by atoms with van der Waals surface area (Å²) in [5, 5.41) is 0. The van der Waals surface area contributed by atoms with Crippen LogP contribution in [0.15, 0.2) is 0 Å². The van der Waals surface area contributed by atoms with E-state index in [1.165, 1.54) is 19.4 Å². The smallest absolute Gasteiger partial charge is 0.0742 e. The molecule has 0 spiro atoms. The van der Waals surface area contributed by atoms with Crippen molar-refractivity contribution in [3.8, 4) is 0 Å². The summed E-state index contributed by atoms with van der Waals surface area (Å²) in [6.07, 6.45) is 3.47. The summed E-state index contributed by atoms with van der Waals surface area (Å²) in [4.78, 5) is 3.18. The van der Waals surface area contributed by atoms with Crippen molar-refractivity contribution >= 4 is 17.2 Å². The van der Waals surface area contributed by atoms with Gasteiger partial charge >= 0.3 is 0 Å². The quantitative estimate of drug-likeness (QED) is 0.730. The van der Waals surface area contributed by atoms with Gasteiger partial charge in [0.15, 0.2) is 0 Å². The van der Waals surface area contributed by atoms with Gasteiger partial charge in [-0.05, 0) is 39.2 Å². The first-order valence-corrected chi connectivity index (χ1v) is 5.95. The van der Waals surface area contributed by atoms with Gasteiger partial charge in [0.1, 0.15) is 0 Å². The van der Waals surface area contributed by atoms with Crippen molar-refractivity contribution in [1.29, 1.82) is 0 Å². The molecular weight excluding hydrogens is 192 g/mol. The Bertz CT molecular complexity index is 205. The maximum atomic E-state index is 5.58. The average molecular weight is 214 g/mol. The highest BCUT2D eigenvalue weighted by Gasteiger charge is 2.26. The van der Waals surface area contributed by atoms with Crippen molar-refractivity contribution in [2.24, 2.45) is 11.7 Å². The number of piperidine rings is 1. The number of nitrogens with two attached hydrogens (primary N) is 1. The van der Waals surface area contributed by atoms with Gasteiger partial charge in [-0.25, -0.2) is 0 Å². The predicted octanol–water partition coefficient (Wildman–Crippen LogP) is 2.17. The number of likely N-dealkylation sites (tertiary alicyclic amines) is 1. The van der Waals surface area contributed by atoms with E-state index in [1.54, 1.807) is 0 Å². The third kappa shape index (κ3) is 3.21. The zero-order chi connectivity index (χ0) is 10.7. The van der Waals surface area contributed by atoms with Crippen LogP contribution in [0.3, 0.4) is 0 Å². The number of hydrogen-bond donors (Lipinski definition) is 1. The van der Waals surface area contributed by atoms with Crippen molar-refractivity contribution in [2.45, 2.75) is 52.1 Å². The Hall–Kier alpha value is -0.150. The molecule has 1 aliphatic rings. The monoisotopic (exact) mass is 214 g/mol. The Morgan fingerprint density at radius 1 is 1.57 bits per heavy atom. The molecule has 0 radical (unpaired) electrons. The van der Waals surface area contributed by atoms with Crippen molar-refractivity contribution in [1.82, 2.24) is 4.90 Å². The minimum absolute atomic E-state index is 0.509. The third-order valence-corrected chi connectivity index (χ3v) is 3.42. The molecule has 0 aromatic carbocycles. The lowest BCUT2D eigenvalue weighted by molar-refractivity contribution is 0.0926. The molecule has 1 heterocycles. The lowest BCUT2D eigenvalue weighted by atomic mass is 9.92. The van der Waals surface area contributed by atoms with Crippen molar-refractivity contribution in [3.05, 3.63) is 0 Å². The molecule has 0 aliphatic carbocycles. The fourth-order valence-electron chi connectivity index (χ4n) is 2.49. The second kappa shape index (κ2) is 5.08. The van der Waals surface area contributed by atoms with E-state index in [9.17, 15) is 0 Å². The lowest BCUT2D eigenvalue weighted by Gasteiger charge is -2.40. The fraction of sp³-hybridized carbons (Fsp3) is 0.909. The van der Waals surface area contributed by atoms with Crippen LogP contribution in [-0.4, -0.2) is 28.5 Å². The second-order valence-electron chi connectivity index (χ2n) is 4.74. The highest BCUT2D eigenvalue weighted by atomic mass is 32.1. The Labute approximate surface area is 92.8 Å². The molecule has 0 aromatic heterocycles. The molecule has 1 aliphatic heterocycles. The molecule has 0 bridgehead atoms. The highest BCUT2D eigenvalue weighted by Crippen LogP contribution is 2.24. The van der Waals surface area contributed by atoms with Crippen LogP contribution in [-0.2, 0) is 0 Å². The van der Waals surface area contributed by atoms with E-state index in [0.717, 1.165) is 12.3 Å². The van der Waals surface area contributed by atoms with E-state index in [2.05, 4.69) is 25.7 Å². The van der Waals surface area contributed by atoms with Gasteiger partial charge in [-0.1, -0.05) is 19.1 Å². The van der Waals surface area contributed by atoms with Gasteiger partial charge < -0.3 is 5.73 Å². The van der Waals surface area contributed by atoms with Crippen LogP contribution in [0.25, 0.3) is 0 Å². The second-order valence-corrected chi connectivity index (χ2v) is 5.26. The number of rotatable bonds is 3. The zero-order valence-corrected chi connectivity index (χ0v) is 10.3. The van der Waals surface area contributed by atoms with E-state index in [-0.39, 0.29) is 0 Å². The molecule has 2 N–H and O–H groups in total. The number of hydrogen-bond acceptors (Lipinski definition) is 2. The summed E-state index contributed by atoms with van der Waals surface area (Å²) in [6.45, 7) is 8.08. The summed E-state index contributed by atoms with van der Waals surface area (Å²) in [7, 11) is 0. The predicted molar refractivity (Wildman–Crippen MR) is 65.4 cm³/mol. The van der Waals surface area contributed by atoms with Gasteiger partial charge in [0.2, 0.25) is 0 Å². The molecule has 0 aromatic rings. The van der Waals surface area contributed by atoms with E-state index in [1.807, 2.05) is 0 Å². The number of thiocarbonyl (C=S) groups is 1.